The van der Waals surface area contributed by atoms with Crippen LogP contribution in [0.1, 0.15) is 155 Å². The van der Waals surface area contributed by atoms with Crippen molar-refractivity contribution in [3.05, 3.63) is 84.0 Å². The minimum Gasteiger partial charge on any atom is -0.478 e. The fourth-order valence-corrected chi connectivity index (χ4v) is 14.2. The largest absolute Gasteiger partial charge is 0.478 e. The standard InChI is InChI=1S/2C35H55FN8O3.C4H4O4/c2*1-10-44(25(4)5)34(46)28-19-27(36)13-14-30(28)47-33-32(37-23-38-39-33)42-17-15-35(20-42)21-43(22-35)29(24(2)3)12-11-16-41(9)26(6)18-31(45)40(7)8;5-3(6)1-2-4(7)8/h2*13-14,19,23-26,29H,10-12,15-18,20-22H2,1-9H3;1-2H,(H,5,6)(H,7,8)/b;;2-1+/t2*26-,29+;/m00./s1. The van der Waals surface area contributed by atoms with Crippen LogP contribution in [0.15, 0.2) is 61.2 Å². The Balaban J connectivity index is 0.000000289. The van der Waals surface area contributed by atoms with E-state index in [1.54, 1.807) is 19.6 Å². The summed E-state index contributed by atoms with van der Waals surface area (Å²) < 4.78 is 41.0. The van der Waals surface area contributed by atoms with Crippen molar-refractivity contribution < 1.29 is 57.2 Å². The quantitative estimate of drug-likeness (QED) is 0.0431. The summed E-state index contributed by atoms with van der Waals surface area (Å²) in [6, 6.07) is 9.28. The third-order valence-corrected chi connectivity index (χ3v) is 20.3. The van der Waals surface area contributed by atoms with E-state index < -0.39 is 23.6 Å². The van der Waals surface area contributed by atoms with E-state index in [0.29, 0.717) is 73.6 Å². The van der Waals surface area contributed by atoms with Crippen molar-refractivity contribution in [1.82, 2.24) is 69.6 Å². The molecule has 0 aliphatic carbocycles. The summed E-state index contributed by atoms with van der Waals surface area (Å²) in [6.07, 6.45) is 11.5. The molecule has 4 atom stereocenters. The first-order valence-electron chi connectivity index (χ1n) is 36.0. The smallest absolute Gasteiger partial charge is 0.328 e. The van der Waals surface area contributed by atoms with Gasteiger partial charge in [0.15, 0.2) is 11.6 Å². The molecule has 0 saturated carbocycles. The number of carbonyl (C=O) groups is 6. The first kappa shape index (κ1) is 82.9. The zero-order chi connectivity index (χ0) is 75.5. The van der Waals surface area contributed by atoms with Crippen LogP contribution in [0.4, 0.5) is 20.4 Å². The van der Waals surface area contributed by atoms with Crippen LogP contribution in [0.2, 0.25) is 0 Å². The Morgan fingerprint density at radius 2 is 0.902 bits per heavy atom. The Bertz CT molecular complexity index is 3240. The molecule has 2 aromatic heterocycles. The number of rotatable bonds is 32. The second-order valence-corrected chi connectivity index (χ2v) is 29.7. The number of aromatic nitrogens is 6. The molecule has 8 rings (SSSR count). The summed E-state index contributed by atoms with van der Waals surface area (Å²) in [5, 5.41) is 32.1. The van der Waals surface area contributed by atoms with Crippen molar-refractivity contribution in [1.29, 1.82) is 0 Å². The number of hydrogen-bond donors (Lipinski definition) is 2. The van der Waals surface area contributed by atoms with E-state index in [4.69, 9.17) is 19.7 Å². The Labute approximate surface area is 602 Å². The number of ether oxygens (including phenoxy) is 2. The van der Waals surface area contributed by atoms with Crippen molar-refractivity contribution in [2.45, 2.75) is 171 Å². The molecule has 6 heterocycles. The molecule has 0 radical (unpaired) electrons. The molecule has 4 saturated heterocycles. The van der Waals surface area contributed by atoms with Gasteiger partial charge in [-0.2, -0.15) is 0 Å². The molecule has 0 unspecified atom stereocenters. The monoisotopic (exact) mass is 1420 g/mol. The third kappa shape index (κ3) is 22.7. The molecule has 4 aliphatic rings. The van der Waals surface area contributed by atoms with Crippen molar-refractivity contribution in [2.75, 3.05) is 131 Å². The second-order valence-electron chi connectivity index (χ2n) is 29.7. The lowest BCUT2D eigenvalue weighted by molar-refractivity contribution is -0.134. The van der Waals surface area contributed by atoms with E-state index in [9.17, 15) is 37.5 Å². The predicted octanol–water partition coefficient (Wildman–Crippen LogP) is 9.29. The number of benzene rings is 2. The minimum absolute atomic E-state index is 0.0504. The number of likely N-dealkylation sites (tertiary alicyclic amines) is 2. The van der Waals surface area contributed by atoms with E-state index in [2.05, 4.69) is 115 Å². The number of carboxylic acids is 2. The van der Waals surface area contributed by atoms with Gasteiger partial charge in [-0.25, -0.2) is 28.3 Å². The van der Waals surface area contributed by atoms with E-state index >= 15 is 0 Å². The minimum atomic E-state index is -1.26. The van der Waals surface area contributed by atoms with Crippen LogP contribution in [0.3, 0.4) is 0 Å². The summed E-state index contributed by atoms with van der Waals surface area (Å²) >= 11 is 0. The highest BCUT2D eigenvalue weighted by atomic mass is 19.1. The van der Waals surface area contributed by atoms with Crippen molar-refractivity contribution in [3.8, 4) is 23.3 Å². The van der Waals surface area contributed by atoms with Gasteiger partial charge in [0.25, 0.3) is 23.6 Å². The van der Waals surface area contributed by atoms with E-state index in [1.165, 1.54) is 49.1 Å². The maximum absolute atomic E-state index is 14.3. The zero-order valence-corrected chi connectivity index (χ0v) is 63.6. The lowest BCUT2D eigenvalue weighted by Gasteiger charge is -2.53. The predicted molar refractivity (Wildman–Crippen MR) is 389 cm³/mol. The summed E-state index contributed by atoms with van der Waals surface area (Å²) in [5.41, 5.74) is 0.630. The van der Waals surface area contributed by atoms with Crippen molar-refractivity contribution in [2.24, 2.45) is 22.7 Å². The van der Waals surface area contributed by atoms with Gasteiger partial charge in [0.05, 0.1) is 11.1 Å². The molecule has 2 aromatic carbocycles. The molecule has 0 bridgehead atoms. The van der Waals surface area contributed by atoms with Crippen LogP contribution in [-0.2, 0) is 19.2 Å². The number of anilines is 2. The lowest BCUT2D eigenvalue weighted by atomic mass is 9.76. The van der Waals surface area contributed by atoms with Crippen LogP contribution < -0.4 is 19.3 Å². The van der Waals surface area contributed by atoms with Gasteiger partial charge >= 0.3 is 11.9 Å². The van der Waals surface area contributed by atoms with Gasteiger partial charge in [-0.3, -0.25) is 29.0 Å². The molecule has 4 aliphatic heterocycles. The van der Waals surface area contributed by atoms with Crippen LogP contribution in [0.25, 0.3) is 0 Å². The van der Waals surface area contributed by atoms with Crippen molar-refractivity contribution >= 4 is 47.2 Å². The molecule has 26 nitrogen and oxygen atoms in total. The van der Waals surface area contributed by atoms with Crippen LogP contribution in [-0.4, -0.2) is 272 Å². The molecule has 2 N–H and O–H groups in total. The Hall–Kier alpha value is -8.08. The summed E-state index contributed by atoms with van der Waals surface area (Å²) in [7, 11) is 11.5. The molecule has 28 heteroatoms. The van der Waals surface area contributed by atoms with Crippen molar-refractivity contribution in [3.63, 3.8) is 0 Å². The number of hydrogen-bond acceptors (Lipinski definition) is 20. The van der Waals surface area contributed by atoms with Gasteiger partial charge < -0.3 is 58.9 Å². The van der Waals surface area contributed by atoms with Crippen LogP contribution in [0.5, 0.6) is 23.3 Å². The fraction of sp³-hybridized carbons (Fsp3) is 0.649. The average molecular weight is 1430 g/mol. The zero-order valence-electron chi connectivity index (χ0n) is 63.6. The Morgan fingerprint density at radius 3 is 1.21 bits per heavy atom. The number of amides is 4. The first-order valence-corrected chi connectivity index (χ1v) is 36.0. The third-order valence-electron chi connectivity index (χ3n) is 20.3. The van der Waals surface area contributed by atoms with Gasteiger partial charge in [0.2, 0.25) is 11.8 Å². The summed E-state index contributed by atoms with van der Waals surface area (Å²) in [5.74, 6) is -0.677. The number of carboxylic acid groups (broad SMARTS) is 2. The highest BCUT2D eigenvalue weighted by Gasteiger charge is 2.52. The molecule has 4 amide bonds. The Kier molecular flexibility index (Phi) is 30.8. The average Bonchev–Trinajstić information content (AvgIpc) is 1.57. The van der Waals surface area contributed by atoms with Gasteiger partial charge in [-0.15, -0.1) is 20.4 Å². The summed E-state index contributed by atoms with van der Waals surface area (Å²) in [4.78, 5) is 100. The number of halogens is 2. The molecule has 4 fully saturated rings. The lowest BCUT2D eigenvalue weighted by Crippen LogP contribution is -2.62. The van der Waals surface area contributed by atoms with E-state index in [-0.39, 0.29) is 93.0 Å². The van der Waals surface area contributed by atoms with Gasteiger partial charge in [0.1, 0.15) is 35.8 Å². The fourth-order valence-electron chi connectivity index (χ4n) is 14.2. The van der Waals surface area contributed by atoms with Crippen LogP contribution in [0, 0.1) is 34.3 Å². The maximum atomic E-state index is 14.3. The number of aliphatic carboxylic acids is 2. The Morgan fingerprint density at radius 1 is 0.549 bits per heavy atom. The maximum Gasteiger partial charge on any atom is 0.328 e. The number of nitrogens with zero attached hydrogens (tertiary/aromatic N) is 16. The molecule has 102 heavy (non-hydrogen) atoms. The first-order chi connectivity index (χ1) is 48.1. The molecule has 564 valence electrons. The van der Waals surface area contributed by atoms with Gasteiger partial charge in [0, 0.05) is 166 Å². The van der Waals surface area contributed by atoms with Gasteiger partial charge in [-0.1, -0.05) is 27.7 Å². The molecular formula is C74H114F2N16O10. The highest BCUT2D eigenvalue weighted by Crippen LogP contribution is 2.47. The van der Waals surface area contributed by atoms with Gasteiger partial charge in [-0.05, 0) is 169 Å². The van der Waals surface area contributed by atoms with Crippen LogP contribution >= 0.6 is 0 Å². The van der Waals surface area contributed by atoms with E-state index in [1.807, 2.05) is 69.7 Å². The highest BCUT2D eigenvalue weighted by molar-refractivity contribution is 5.98. The number of carbonyl (C=O) groups excluding carboxylic acids is 4. The normalized spacial score (nSPS) is 16.7. The molecule has 4 aromatic rings. The topological polar surface area (TPSA) is 271 Å². The summed E-state index contributed by atoms with van der Waals surface area (Å²) in [6.45, 7) is 35.3. The molecule has 2 spiro atoms. The SMILES string of the molecule is CCN(C(=O)c1cc(F)ccc1Oc1nncnc1N1CCC2(C1)CN([C@H](CCCN(C)[C@@H](C)CC(=O)N(C)C)C(C)C)C2)C(C)C.CCN(C(=O)c1cc(F)ccc1Oc1nncnc1N1CCC2(C1)CN([C@H](CCCN(C)[C@@H](C)CC(=O)N(C)C)C(C)C)C2)C(C)C.O=C(O)/C=C/C(=O)O. The van der Waals surface area contributed by atoms with E-state index in [0.717, 1.165) is 104 Å². The second kappa shape index (κ2) is 37.9. The molecular weight excluding hydrogens is 1310 g/mol.